The molecule has 5 heteroatoms. The van der Waals surface area contributed by atoms with Gasteiger partial charge in [0.05, 0.1) is 7.11 Å². The van der Waals surface area contributed by atoms with Crippen molar-refractivity contribution in [2.75, 3.05) is 13.7 Å². The average Bonchev–Trinajstić information content (AvgIpc) is 2.43. The molecule has 0 atom stereocenters. The molecule has 1 aromatic carbocycles. The first kappa shape index (κ1) is 14.1. The lowest BCUT2D eigenvalue weighted by atomic mass is 10.1. The van der Waals surface area contributed by atoms with Crippen molar-refractivity contribution in [1.29, 1.82) is 0 Å². The Hall–Kier alpha value is -2.30. The number of methoxy groups -OCH3 is 1. The molecule has 0 unspecified atom stereocenters. The molecule has 0 radical (unpaired) electrons. The van der Waals surface area contributed by atoms with Crippen molar-refractivity contribution in [2.24, 2.45) is 5.92 Å². The summed E-state index contributed by atoms with van der Waals surface area (Å²) in [5.41, 5.74) is -0.202. The lowest BCUT2D eigenvalue weighted by Gasteiger charge is -2.07. The van der Waals surface area contributed by atoms with Gasteiger partial charge < -0.3 is 14.5 Å². The molecule has 0 fully saturated rings. The SMILES string of the molecule is COc1ccc2oc(=O)c(C(=O)NCC(C)C)cc2c1. The number of ether oxygens (including phenoxy) is 1. The lowest BCUT2D eigenvalue weighted by molar-refractivity contribution is 0.0945. The smallest absolute Gasteiger partial charge is 0.349 e. The largest absolute Gasteiger partial charge is 0.497 e. The van der Waals surface area contributed by atoms with Crippen LogP contribution in [-0.2, 0) is 0 Å². The Morgan fingerprint density at radius 1 is 1.35 bits per heavy atom. The average molecular weight is 275 g/mol. The standard InChI is InChI=1S/C15H17NO4/c1-9(2)8-16-14(17)12-7-10-6-11(19-3)4-5-13(10)20-15(12)18/h4-7,9H,8H2,1-3H3,(H,16,17). The Morgan fingerprint density at radius 3 is 2.75 bits per heavy atom. The Morgan fingerprint density at radius 2 is 2.10 bits per heavy atom. The number of carbonyl (C=O) groups is 1. The van der Waals surface area contributed by atoms with Crippen molar-refractivity contribution in [3.8, 4) is 5.75 Å². The number of amides is 1. The predicted octanol–water partition coefficient (Wildman–Crippen LogP) is 2.19. The molecule has 1 heterocycles. The van der Waals surface area contributed by atoms with Gasteiger partial charge in [0.15, 0.2) is 0 Å². The molecule has 0 aliphatic heterocycles. The maximum absolute atomic E-state index is 12.0. The maximum Gasteiger partial charge on any atom is 0.349 e. The maximum atomic E-state index is 12.0. The van der Waals surface area contributed by atoms with E-state index in [2.05, 4.69) is 5.32 Å². The van der Waals surface area contributed by atoms with Crippen LogP contribution in [0.15, 0.2) is 33.5 Å². The second kappa shape index (κ2) is 5.77. The van der Waals surface area contributed by atoms with Gasteiger partial charge in [-0.05, 0) is 30.2 Å². The molecule has 5 nitrogen and oxygen atoms in total. The normalized spacial score (nSPS) is 10.8. The number of nitrogens with one attached hydrogen (secondary N) is 1. The highest BCUT2D eigenvalue weighted by Gasteiger charge is 2.14. The third-order valence-corrected chi connectivity index (χ3v) is 2.85. The topological polar surface area (TPSA) is 68.5 Å². The van der Waals surface area contributed by atoms with Crippen LogP contribution in [0.5, 0.6) is 5.75 Å². The first-order valence-corrected chi connectivity index (χ1v) is 6.41. The Balaban J connectivity index is 2.40. The number of rotatable bonds is 4. The van der Waals surface area contributed by atoms with Crippen LogP contribution in [0.25, 0.3) is 11.0 Å². The number of carbonyl (C=O) groups excluding carboxylic acids is 1. The third-order valence-electron chi connectivity index (χ3n) is 2.85. The quantitative estimate of drug-likeness (QED) is 0.868. The molecule has 1 amide bonds. The van der Waals surface area contributed by atoms with E-state index in [0.717, 1.165) is 0 Å². The Kier molecular flexibility index (Phi) is 4.08. The summed E-state index contributed by atoms with van der Waals surface area (Å²) in [7, 11) is 1.55. The molecule has 0 aliphatic rings. The van der Waals surface area contributed by atoms with Crippen LogP contribution in [0.1, 0.15) is 24.2 Å². The molecular weight excluding hydrogens is 258 g/mol. The van der Waals surface area contributed by atoms with E-state index in [-0.39, 0.29) is 5.56 Å². The van der Waals surface area contributed by atoms with E-state index in [4.69, 9.17) is 9.15 Å². The summed E-state index contributed by atoms with van der Waals surface area (Å²) in [5, 5.41) is 3.35. The van der Waals surface area contributed by atoms with Gasteiger partial charge in [-0.1, -0.05) is 13.8 Å². The zero-order valence-electron chi connectivity index (χ0n) is 11.7. The number of benzene rings is 1. The number of hydrogen-bond acceptors (Lipinski definition) is 4. The van der Waals surface area contributed by atoms with Crippen molar-refractivity contribution in [2.45, 2.75) is 13.8 Å². The fraction of sp³-hybridized carbons (Fsp3) is 0.333. The second-order valence-corrected chi connectivity index (χ2v) is 4.96. The highest BCUT2D eigenvalue weighted by atomic mass is 16.5. The summed E-state index contributed by atoms with van der Waals surface area (Å²) in [6, 6.07) is 6.59. The zero-order valence-corrected chi connectivity index (χ0v) is 11.7. The van der Waals surface area contributed by atoms with E-state index in [0.29, 0.717) is 29.2 Å². The minimum Gasteiger partial charge on any atom is -0.497 e. The van der Waals surface area contributed by atoms with E-state index in [1.54, 1.807) is 25.3 Å². The molecule has 0 spiro atoms. The first-order valence-electron chi connectivity index (χ1n) is 6.41. The van der Waals surface area contributed by atoms with Crippen LogP contribution in [0, 0.1) is 5.92 Å². The van der Waals surface area contributed by atoms with Gasteiger partial charge in [-0.25, -0.2) is 4.79 Å². The summed E-state index contributed by atoms with van der Waals surface area (Å²) in [5.74, 6) is 0.531. The minimum atomic E-state index is -0.635. The minimum absolute atomic E-state index is 0.00593. The summed E-state index contributed by atoms with van der Waals surface area (Å²) >= 11 is 0. The fourth-order valence-corrected chi connectivity index (χ4v) is 1.78. The lowest BCUT2D eigenvalue weighted by Crippen LogP contribution is -2.31. The van der Waals surface area contributed by atoms with Gasteiger partial charge in [0.1, 0.15) is 16.9 Å². The number of fused-ring (bicyclic) bond motifs is 1. The van der Waals surface area contributed by atoms with E-state index >= 15 is 0 Å². The molecule has 106 valence electrons. The van der Waals surface area contributed by atoms with Crippen LogP contribution in [0.4, 0.5) is 0 Å². The predicted molar refractivity (Wildman–Crippen MR) is 76.2 cm³/mol. The molecule has 2 rings (SSSR count). The highest BCUT2D eigenvalue weighted by molar-refractivity contribution is 5.96. The molecular formula is C15H17NO4. The van der Waals surface area contributed by atoms with Crippen molar-refractivity contribution in [3.05, 3.63) is 40.2 Å². The molecule has 0 bridgehead atoms. The van der Waals surface area contributed by atoms with E-state index in [9.17, 15) is 9.59 Å². The van der Waals surface area contributed by atoms with Crippen molar-refractivity contribution < 1.29 is 13.9 Å². The first-order chi connectivity index (χ1) is 9.51. The monoisotopic (exact) mass is 275 g/mol. The van der Waals surface area contributed by atoms with Crippen LogP contribution in [0.2, 0.25) is 0 Å². The van der Waals surface area contributed by atoms with Gasteiger partial charge in [-0.15, -0.1) is 0 Å². The molecule has 0 saturated heterocycles. The highest BCUT2D eigenvalue weighted by Crippen LogP contribution is 2.20. The molecule has 1 N–H and O–H groups in total. The summed E-state index contributed by atoms with van der Waals surface area (Å²) in [6.07, 6.45) is 0. The van der Waals surface area contributed by atoms with Crippen LogP contribution in [0.3, 0.4) is 0 Å². The van der Waals surface area contributed by atoms with Crippen molar-refractivity contribution in [1.82, 2.24) is 5.32 Å². The summed E-state index contributed by atoms with van der Waals surface area (Å²) < 4.78 is 10.3. The molecule has 0 aliphatic carbocycles. The van der Waals surface area contributed by atoms with Crippen LogP contribution in [-0.4, -0.2) is 19.6 Å². The van der Waals surface area contributed by atoms with E-state index < -0.39 is 11.5 Å². The molecule has 20 heavy (non-hydrogen) atoms. The van der Waals surface area contributed by atoms with E-state index in [1.807, 2.05) is 13.8 Å². The van der Waals surface area contributed by atoms with Crippen molar-refractivity contribution in [3.63, 3.8) is 0 Å². The molecule has 2 aromatic rings. The van der Waals surface area contributed by atoms with Gasteiger partial charge in [-0.2, -0.15) is 0 Å². The molecule has 1 aromatic heterocycles. The van der Waals surface area contributed by atoms with E-state index in [1.165, 1.54) is 6.07 Å². The Bertz CT molecular complexity index is 688. The fourth-order valence-electron chi connectivity index (χ4n) is 1.78. The van der Waals surface area contributed by atoms with Gasteiger partial charge in [0.25, 0.3) is 5.91 Å². The van der Waals surface area contributed by atoms with Gasteiger partial charge in [0, 0.05) is 11.9 Å². The Labute approximate surface area is 116 Å². The van der Waals surface area contributed by atoms with Gasteiger partial charge in [-0.3, -0.25) is 4.79 Å². The van der Waals surface area contributed by atoms with Crippen LogP contribution >= 0.6 is 0 Å². The number of hydrogen-bond donors (Lipinski definition) is 1. The van der Waals surface area contributed by atoms with Crippen molar-refractivity contribution >= 4 is 16.9 Å². The van der Waals surface area contributed by atoms with Crippen LogP contribution < -0.4 is 15.7 Å². The van der Waals surface area contributed by atoms with Gasteiger partial charge in [0.2, 0.25) is 0 Å². The molecule has 0 saturated carbocycles. The third kappa shape index (κ3) is 2.99. The van der Waals surface area contributed by atoms with Gasteiger partial charge >= 0.3 is 5.63 Å². The summed E-state index contributed by atoms with van der Waals surface area (Å²) in [6.45, 7) is 4.47. The summed E-state index contributed by atoms with van der Waals surface area (Å²) in [4.78, 5) is 23.8. The zero-order chi connectivity index (χ0) is 14.7. The second-order valence-electron chi connectivity index (χ2n) is 4.96.